The molecule has 0 aliphatic carbocycles. The number of nitrogens with two attached hydrogens (primary N) is 1. The molecule has 0 bridgehead atoms. The van der Waals surface area contributed by atoms with Crippen LogP contribution in [0.25, 0.3) is 0 Å². The molecule has 2 heterocycles. The highest BCUT2D eigenvalue weighted by atomic mass is 16.3. The van der Waals surface area contributed by atoms with E-state index in [1.807, 2.05) is 36.1 Å². The second kappa shape index (κ2) is 6.21. The fourth-order valence-electron chi connectivity index (χ4n) is 2.57. The van der Waals surface area contributed by atoms with Gasteiger partial charge in [-0.1, -0.05) is 17.7 Å². The molecule has 0 atom stereocenters. The lowest BCUT2D eigenvalue weighted by Crippen LogP contribution is -2.51. The summed E-state index contributed by atoms with van der Waals surface area (Å²) in [6.45, 7) is 2.28. The summed E-state index contributed by atoms with van der Waals surface area (Å²) >= 11 is 0. The lowest BCUT2D eigenvalue weighted by Gasteiger charge is -2.37. The van der Waals surface area contributed by atoms with Gasteiger partial charge in [-0.15, -0.1) is 5.10 Å². The fraction of sp³-hybridized carbons (Fsp3) is 0.312. The molecule has 0 radical (unpaired) electrons. The van der Waals surface area contributed by atoms with Crippen molar-refractivity contribution >= 4 is 23.6 Å². The Morgan fingerprint density at radius 2 is 2.09 bits per heavy atom. The average Bonchev–Trinajstić information content (AvgIpc) is 3.04. The number of carbonyl (C=O) groups excluding carboxylic acids is 1. The van der Waals surface area contributed by atoms with Crippen molar-refractivity contribution in [3.05, 3.63) is 41.2 Å². The number of amidine groups is 1. The number of hydrogen-bond donors (Lipinski definition) is 2. The second-order valence-corrected chi connectivity index (χ2v) is 5.52. The van der Waals surface area contributed by atoms with Crippen LogP contribution in [0.3, 0.4) is 0 Å². The van der Waals surface area contributed by atoms with E-state index < -0.39 is 0 Å². The molecule has 7 heteroatoms. The van der Waals surface area contributed by atoms with Crippen molar-refractivity contribution in [1.29, 1.82) is 0 Å². The normalized spacial score (nSPS) is 16.7. The van der Waals surface area contributed by atoms with E-state index in [-0.39, 0.29) is 25.6 Å². The molecule has 23 heavy (non-hydrogen) atoms. The Labute approximate surface area is 134 Å². The van der Waals surface area contributed by atoms with E-state index in [1.54, 1.807) is 11.1 Å². The molecule has 0 spiro atoms. The molecular weight excluding hydrogens is 294 g/mol. The van der Waals surface area contributed by atoms with Crippen molar-refractivity contribution in [3.63, 3.8) is 0 Å². The molecule has 120 valence electrons. The Balaban J connectivity index is 1.94. The van der Waals surface area contributed by atoms with Gasteiger partial charge in [-0.05, 0) is 25.5 Å². The van der Waals surface area contributed by atoms with Gasteiger partial charge in [0.1, 0.15) is 12.5 Å². The topological polar surface area (TPSA) is 94.5 Å². The third-order valence-corrected chi connectivity index (χ3v) is 3.88. The molecule has 0 aromatic heterocycles. The molecule has 3 rings (SSSR count). The van der Waals surface area contributed by atoms with Gasteiger partial charge in [0.2, 0.25) is 5.91 Å². The molecule has 0 saturated heterocycles. The maximum absolute atomic E-state index is 12.4. The zero-order valence-corrected chi connectivity index (χ0v) is 12.9. The summed E-state index contributed by atoms with van der Waals surface area (Å²) in [7, 11) is 0. The summed E-state index contributed by atoms with van der Waals surface area (Å²) in [4.78, 5) is 15.9. The van der Waals surface area contributed by atoms with Crippen molar-refractivity contribution in [2.45, 2.75) is 19.8 Å². The molecule has 1 amide bonds. The first-order valence-electron chi connectivity index (χ1n) is 7.48. The Morgan fingerprint density at radius 1 is 1.35 bits per heavy atom. The summed E-state index contributed by atoms with van der Waals surface area (Å²) in [5.41, 5.74) is 8.95. The number of aliphatic hydroxyl groups is 1. The van der Waals surface area contributed by atoms with E-state index in [0.717, 1.165) is 11.3 Å². The van der Waals surface area contributed by atoms with E-state index in [1.165, 1.54) is 0 Å². The molecule has 0 fully saturated rings. The average molecular weight is 313 g/mol. The first-order valence-corrected chi connectivity index (χ1v) is 7.48. The highest BCUT2D eigenvalue weighted by molar-refractivity contribution is 6.22. The van der Waals surface area contributed by atoms with Gasteiger partial charge in [-0.2, -0.15) is 5.10 Å². The Morgan fingerprint density at radius 3 is 2.78 bits per heavy atom. The van der Waals surface area contributed by atoms with Crippen molar-refractivity contribution in [2.24, 2.45) is 15.9 Å². The summed E-state index contributed by atoms with van der Waals surface area (Å²) in [5, 5.41) is 16.8. The number of hydrogen-bond acceptors (Lipinski definition) is 6. The Bertz CT molecular complexity index is 706. The number of anilines is 1. The third kappa shape index (κ3) is 2.83. The summed E-state index contributed by atoms with van der Waals surface area (Å²) in [6, 6.07) is 7.93. The SMILES string of the molecule is Cc1ccc(N2CN(C(=O)CCCO)C3=NN=CC3=C2N)cc1. The Hall–Kier alpha value is -2.67. The van der Waals surface area contributed by atoms with Crippen LogP contribution < -0.4 is 10.6 Å². The molecule has 1 aromatic rings. The number of nitrogens with zero attached hydrogens (tertiary/aromatic N) is 4. The number of fused-ring (bicyclic) bond motifs is 1. The molecule has 0 saturated carbocycles. The Kier molecular flexibility index (Phi) is 4.12. The standard InChI is InChI=1S/C16H19N5O2/c1-11-4-6-12(7-5-11)20-10-21(14(23)3-2-8-22)16-13(15(20)17)9-18-19-16/h4-7,9,22H,2-3,8,10,17H2,1H3. The van der Waals surface area contributed by atoms with Crippen LogP contribution in [0.5, 0.6) is 0 Å². The largest absolute Gasteiger partial charge is 0.396 e. The quantitative estimate of drug-likeness (QED) is 0.865. The summed E-state index contributed by atoms with van der Waals surface area (Å²) < 4.78 is 0. The first kappa shape index (κ1) is 15.2. The smallest absolute Gasteiger partial charge is 0.229 e. The first-order chi connectivity index (χ1) is 11.1. The number of aryl methyl sites for hydroxylation is 1. The molecule has 2 aliphatic rings. The van der Waals surface area contributed by atoms with Gasteiger partial charge in [-0.3, -0.25) is 9.69 Å². The van der Waals surface area contributed by atoms with Crippen LogP contribution in [0.15, 0.2) is 45.9 Å². The van der Waals surface area contributed by atoms with Crippen LogP contribution in [0.1, 0.15) is 18.4 Å². The van der Waals surface area contributed by atoms with Gasteiger partial charge in [0.05, 0.1) is 11.8 Å². The van der Waals surface area contributed by atoms with Crippen molar-refractivity contribution in [2.75, 3.05) is 18.2 Å². The minimum absolute atomic E-state index is 0.0188. The summed E-state index contributed by atoms with van der Waals surface area (Å²) in [6.07, 6.45) is 2.24. The number of aliphatic hydroxyl groups excluding tert-OH is 1. The number of rotatable bonds is 4. The molecular formula is C16H19N5O2. The van der Waals surface area contributed by atoms with Crippen LogP contribution in [0, 0.1) is 6.92 Å². The number of benzene rings is 1. The van der Waals surface area contributed by atoms with Gasteiger partial charge in [0.15, 0.2) is 5.84 Å². The maximum atomic E-state index is 12.4. The lowest BCUT2D eigenvalue weighted by atomic mass is 10.1. The monoisotopic (exact) mass is 313 g/mol. The maximum Gasteiger partial charge on any atom is 0.229 e. The lowest BCUT2D eigenvalue weighted by molar-refractivity contribution is -0.127. The third-order valence-electron chi connectivity index (χ3n) is 3.88. The van der Waals surface area contributed by atoms with Crippen molar-refractivity contribution in [1.82, 2.24) is 4.90 Å². The van der Waals surface area contributed by atoms with Gasteiger partial charge in [0, 0.05) is 18.7 Å². The van der Waals surface area contributed by atoms with Gasteiger partial charge in [0.25, 0.3) is 0 Å². The van der Waals surface area contributed by atoms with Crippen LogP contribution in [-0.4, -0.2) is 41.2 Å². The fourth-order valence-corrected chi connectivity index (χ4v) is 2.57. The van der Waals surface area contributed by atoms with E-state index in [4.69, 9.17) is 10.8 Å². The number of carbonyl (C=O) groups is 1. The molecule has 0 unspecified atom stereocenters. The predicted octanol–water partition coefficient (Wildman–Crippen LogP) is 0.942. The molecule has 7 nitrogen and oxygen atoms in total. The van der Waals surface area contributed by atoms with E-state index in [9.17, 15) is 4.79 Å². The molecule has 1 aromatic carbocycles. The zero-order valence-electron chi connectivity index (χ0n) is 12.9. The predicted molar refractivity (Wildman–Crippen MR) is 88.8 cm³/mol. The second-order valence-electron chi connectivity index (χ2n) is 5.52. The van der Waals surface area contributed by atoms with Crippen LogP contribution >= 0.6 is 0 Å². The number of amides is 1. The van der Waals surface area contributed by atoms with Crippen LogP contribution in [0.4, 0.5) is 5.69 Å². The van der Waals surface area contributed by atoms with Crippen LogP contribution in [0.2, 0.25) is 0 Å². The summed E-state index contributed by atoms with van der Waals surface area (Å²) in [5.74, 6) is 0.902. The minimum Gasteiger partial charge on any atom is -0.396 e. The van der Waals surface area contributed by atoms with E-state index in [2.05, 4.69) is 10.2 Å². The highest BCUT2D eigenvalue weighted by Gasteiger charge is 2.34. The van der Waals surface area contributed by atoms with Crippen LogP contribution in [-0.2, 0) is 4.79 Å². The minimum atomic E-state index is -0.106. The van der Waals surface area contributed by atoms with Crippen molar-refractivity contribution in [3.8, 4) is 0 Å². The van der Waals surface area contributed by atoms with Gasteiger partial charge in [-0.25, -0.2) is 0 Å². The van der Waals surface area contributed by atoms with Crippen molar-refractivity contribution < 1.29 is 9.90 Å². The molecule has 3 N–H and O–H groups in total. The highest BCUT2D eigenvalue weighted by Crippen LogP contribution is 2.26. The van der Waals surface area contributed by atoms with Gasteiger partial charge < -0.3 is 15.7 Å². The molecule has 2 aliphatic heterocycles. The van der Waals surface area contributed by atoms with Gasteiger partial charge >= 0.3 is 0 Å². The zero-order chi connectivity index (χ0) is 16.4. The van der Waals surface area contributed by atoms with E-state index in [0.29, 0.717) is 23.7 Å². The van der Waals surface area contributed by atoms with E-state index >= 15 is 0 Å².